The van der Waals surface area contributed by atoms with Crippen molar-refractivity contribution in [3.8, 4) is 0 Å². The third kappa shape index (κ3) is 2.84. The molecule has 2 atom stereocenters. The van der Waals surface area contributed by atoms with Gasteiger partial charge in [-0.2, -0.15) is 0 Å². The van der Waals surface area contributed by atoms with Crippen molar-refractivity contribution in [2.24, 2.45) is 5.92 Å². The fourth-order valence-corrected chi connectivity index (χ4v) is 3.57. The molecule has 1 aromatic rings. The summed E-state index contributed by atoms with van der Waals surface area (Å²) in [6.07, 6.45) is 7.19. The van der Waals surface area contributed by atoms with Gasteiger partial charge in [0.05, 0.1) is 5.92 Å². The van der Waals surface area contributed by atoms with Crippen molar-refractivity contribution in [3.05, 3.63) is 70.9 Å². The smallest absolute Gasteiger partial charge is 0.113 e. The Labute approximate surface area is 123 Å². The maximum Gasteiger partial charge on any atom is 0.113 e. The number of hydrogen-bond donors (Lipinski definition) is 1. The summed E-state index contributed by atoms with van der Waals surface area (Å²) in [5.41, 5.74) is 2.29. The molecule has 0 amide bonds. The second-order valence-corrected chi connectivity index (χ2v) is 6.04. The molecule has 0 saturated heterocycles. The molecule has 2 unspecified atom stereocenters. The Morgan fingerprint density at radius 1 is 1.15 bits per heavy atom. The van der Waals surface area contributed by atoms with E-state index in [0.717, 1.165) is 11.3 Å². The average Bonchev–Trinajstić information content (AvgIpc) is 2.96. The fourth-order valence-electron chi connectivity index (χ4n) is 2.57. The molecule has 1 aromatic carbocycles. The van der Waals surface area contributed by atoms with Crippen LogP contribution >= 0.6 is 11.8 Å². The number of allylic oxidation sites excluding steroid dienone is 2. The topological polar surface area (TPSA) is 29.5 Å². The number of fused-ring (bicyclic) bond motifs is 1. The van der Waals surface area contributed by atoms with Crippen LogP contribution in [0.1, 0.15) is 12.0 Å². The summed E-state index contributed by atoms with van der Waals surface area (Å²) in [4.78, 5) is 0. The first-order valence-corrected chi connectivity index (χ1v) is 7.84. The van der Waals surface area contributed by atoms with Crippen LogP contribution in [0.5, 0.6) is 0 Å². The van der Waals surface area contributed by atoms with Crippen LogP contribution in [0.4, 0.5) is 0 Å². The van der Waals surface area contributed by atoms with Crippen molar-refractivity contribution in [1.29, 1.82) is 0 Å². The van der Waals surface area contributed by atoms with Gasteiger partial charge >= 0.3 is 0 Å². The molecule has 0 bridgehead atoms. The van der Waals surface area contributed by atoms with Gasteiger partial charge in [0, 0.05) is 11.9 Å². The number of rotatable bonds is 5. The summed E-state index contributed by atoms with van der Waals surface area (Å²) in [6, 6.07) is 10.2. The van der Waals surface area contributed by atoms with Crippen molar-refractivity contribution in [3.63, 3.8) is 0 Å². The normalized spacial score (nSPS) is 24.1. The van der Waals surface area contributed by atoms with E-state index in [1.54, 1.807) is 0 Å². The highest BCUT2D eigenvalue weighted by Gasteiger charge is 2.30. The van der Waals surface area contributed by atoms with Crippen molar-refractivity contribution >= 4 is 11.8 Å². The summed E-state index contributed by atoms with van der Waals surface area (Å²) < 4.78 is 6.10. The minimum absolute atomic E-state index is 0.159. The van der Waals surface area contributed by atoms with Gasteiger partial charge in [-0.25, -0.2) is 0 Å². The molecule has 0 fully saturated rings. The number of ether oxygens (including phenoxy) is 1. The fraction of sp³-hybridized carbons (Fsp3) is 0.294. The van der Waals surface area contributed by atoms with Gasteiger partial charge in [-0.15, -0.1) is 11.8 Å². The predicted molar refractivity (Wildman–Crippen MR) is 83.1 cm³/mol. The van der Waals surface area contributed by atoms with Gasteiger partial charge in [0.2, 0.25) is 0 Å². The molecule has 104 valence electrons. The molecule has 0 saturated carbocycles. The second-order valence-electron chi connectivity index (χ2n) is 4.95. The zero-order chi connectivity index (χ0) is 13.8. The molecule has 1 aliphatic heterocycles. The van der Waals surface area contributed by atoms with E-state index in [9.17, 15) is 5.11 Å². The molecule has 0 spiro atoms. The summed E-state index contributed by atoms with van der Waals surface area (Å²) in [7, 11) is 0. The lowest BCUT2D eigenvalue weighted by Crippen LogP contribution is -2.19. The monoisotopic (exact) mass is 286 g/mol. The van der Waals surface area contributed by atoms with Crippen molar-refractivity contribution in [2.75, 3.05) is 6.61 Å². The predicted octanol–water partition coefficient (Wildman–Crippen LogP) is 3.65. The zero-order valence-electron chi connectivity index (χ0n) is 11.2. The van der Waals surface area contributed by atoms with E-state index in [-0.39, 0.29) is 6.61 Å². The first-order chi connectivity index (χ1) is 9.88. The summed E-state index contributed by atoms with van der Waals surface area (Å²) >= 11 is 1.83. The number of hydrogen-bond acceptors (Lipinski definition) is 3. The Hall–Kier alpha value is -1.45. The highest BCUT2D eigenvalue weighted by atomic mass is 32.2. The maximum absolute atomic E-state index is 9.22. The van der Waals surface area contributed by atoms with E-state index < -0.39 is 0 Å². The van der Waals surface area contributed by atoms with E-state index in [2.05, 4.69) is 35.8 Å². The third-order valence-corrected chi connectivity index (χ3v) is 4.68. The molecule has 20 heavy (non-hydrogen) atoms. The number of benzene rings is 1. The molecular formula is C17H18O2S. The molecule has 1 aliphatic carbocycles. The number of thioether (sulfide) groups is 1. The maximum atomic E-state index is 9.22. The SMILES string of the molecule is OCCC1=C(OCc2ccccc2)C2C=CSC2C=C1. The van der Waals surface area contributed by atoms with Gasteiger partial charge in [0.1, 0.15) is 12.4 Å². The highest BCUT2D eigenvalue weighted by Crippen LogP contribution is 2.41. The Balaban J connectivity index is 1.78. The van der Waals surface area contributed by atoms with Crippen LogP contribution in [0.15, 0.2) is 65.3 Å². The van der Waals surface area contributed by atoms with Gasteiger partial charge in [-0.3, -0.25) is 0 Å². The lowest BCUT2D eigenvalue weighted by atomic mass is 9.92. The minimum atomic E-state index is 0.159. The van der Waals surface area contributed by atoms with Crippen LogP contribution in [0.3, 0.4) is 0 Å². The van der Waals surface area contributed by atoms with Crippen molar-refractivity contribution < 1.29 is 9.84 Å². The van der Waals surface area contributed by atoms with Gasteiger partial charge in [-0.1, -0.05) is 48.6 Å². The van der Waals surface area contributed by atoms with Crippen molar-refractivity contribution in [1.82, 2.24) is 0 Å². The largest absolute Gasteiger partial charge is 0.492 e. The van der Waals surface area contributed by atoms with Crippen LogP contribution in [0, 0.1) is 5.92 Å². The summed E-state index contributed by atoms with van der Waals surface area (Å²) in [5, 5.41) is 11.8. The first kappa shape index (κ1) is 13.5. The molecule has 3 rings (SSSR count). The summed E-state index contributed by atoms with van der Waals surface area (Å²) in [5.74, 6) is 1.34. The van der Waals surface area contributed by atoms with Gasteiger partial charge in [0.25, 0.3) is 0 Å². The second kappa shape index (κ2) is 6.33. The van der Waals surface area contributed by atoms with Crippen LogP contribution < -0.4 is 0 Å². The standard InChI is InChI=1S/C17H18O2S/c18-10-8-14-6-7-16-15(9-11-20-16)17(14)19-12-13-4-2-1-3-5-13/h1-7,9,11,15-16,18H,8,10,12H2. The molecule has 1 heterocycles. The minimum Gasteiger partial charge on any atom is -0.492 e. The molecule has 0 aromatic heterocycles. The van der Waals surface area contributed by atoms with E-state index in [1.165, 1.54) is 5.56 Å². The Kier molecular flexibility index (Phi) is 4.28. The Bertz CT molecular complexity index is 545. The van der Waals surface area contributed by atoms with Gasteiger partial charge < -0.3 is 9.84 Å². The van der Waals surface area contributed by atoms with Gasteiger partial charge in [0.15, 0.2) is 0 Å². The quantitative estimate of drug-likeness (QED) is 0.896. The summed E-state index contributed by atoms with van der Waals surface area (Å²) in [6.45, 7) is 0.743. The molecular weight excluding hydrogens is 268 g/mol. The first-order valence-electron chi connectivity index (χ1n) is 6.89. The molecule has 2 aliphatic rings. The molecule has 1 N–H and O–H groups in total. The third-order valence-electron chi connectivity index (χ3n) is 3.60. The van der Waals surface area contributed by atoms with Crippen molar-refractivity contribution in [2.45, 2.75) is 18.3 Å². The Morgan fingerprint density at radius 3 is 2.80 bits per heavy atom. The lowest BCUT2D eigenvalue weighted by Gasteiger charge is -2.26. The zero-order valence-corrected chi connectivity index (χ0v) is 12.1. The average molecular weight is 286 g/mol. The molecule has 2 nitrogen and oxygen atoms in total. The van der Waals surface area contributed by atoms with Gasteiger partial charge in [-0.05, 0) is 23.0 Å². The van der Waals surface area contributed by atoms with E-state index in [0.29, 0.717) is 24.2 Å². The van der Waals surface area contributed by atoms with Crippen LogP contribution in [-0.4, -0.2) is 17.0 Å². The van der Waals surface area contributed by atoms with Crippen LogP contribution in [0.2, 0.25) is 0 Å². The Morgan fingerprint density at radius 2 is 2.00 bits per heavy atom. The van der Waals surface area contributed by atoms with Crippen LogP contribution in [-0.2, 0) is 11.3 Å². The highest BCUT2D eigenvalue weighted by molar-refractivity contribution is 8.03. The molecule has 3 heteroatoms. The molecule has 0 radical (unpaired) electrons. The number of aliphatic hydroxyl groups is 1. The van der Waals surface area contributed by atoms with E-state index >= 15 is 0 Å². The number of aliphatic hydroxyl groups excluding tert-OH is 1. The van der Waals surface area contributed by atoms with Crippen LogP contribution in [0.25, 0.3) is 0 Å². The van der Waals surface area contributed by atoms with E-state index in [1.807, 2.05) is 30.0 Å². The lowest BCUT2D eigenvalue weighted by molar-refractivity contribution is 0.169. The van der Waals surface area contributed by atoms with E-state index in [4.69, 9.17) is 4.74 Å².